The van der Waals surface area contributed by atoms with Crippen LogP contribution in [0.15, 0.2) is 29.2 Å². The molecule has 0 aromatic heterocycles. The summed E-state index contributed by atoms with van der Waals surface area (Å²) in [5, 5.41) is 0. The quantitative estimate of drug-likeness (QED) is 0.569. The lowest BCUT2D eigenvalue weighted by atomic mass is 10.2. The van der Waals surface area contributed by atoms with Crippen LogP contribution in [-0.4, -0.2) is 27.6 Å². The summed E-state index contributed by atoms with van der Waals surface area (Å²) in [6, 6.07) is 6.43. The van der Waals surface area contributed by atoms with Crippen molar-refractivity contribution in [2.75, 3.05) is 6.61 Å². The largest absolute Gasteiger partial charge is 0.353 e. The SMILES string of the molecule is CCOC(C)OC(C)OS(=O)(=O)c1ccc(C)cc1. The number of ether oxygens (including phenoxy) is 2. The van der Waals surface area contributed by atoms with Gasteiger partial charge in [0.25, 0.3) is 10.1 Å². The highest BCUT2D eigenvalue weighted by Crippen LogP contribution is 2.16. The highest BCUT2D eigenvalue weighted by Gasteiger charge is 2.20. The van der Waals surface area contributed by atoms with Crippen LogP contribution in [0.1, 0.15) is 26.3 Å². The molecule has 5 nitrogen and oxygen atoms in total. The van der Waals surface area contributed by atoms with Crippen LogP contribution in [0.5, 0.6) is 0 Å². The molecule has 0 saturated carbocycles. The van der Waals surface area contributed by atoms with Gasteiger partial charge in [0.2, 0.25) is 0 Å². The van der Waals surface area contributed by atoms with Gasteiger partial charge in [-0.3, -0.25) is 0 Å². The molecule has 6 heteroatoms. The monoisotopic (exact) mass is 288 g/mol. The molecular formula is C13H20O5S. The van der Waals surface area contributed by atoms with Gasteiger partial charge in [-0.15, -0.1) is 0 Å². The van der Waals surface area contributed by atoms with Gasteiger partial charge >= 0.3 is 0 Å². The molecule has 0 saturated heterocycles. The molecule has 0 bridgehead atoms. The first-order valence-electron chi connectivity index (χ1n) is 6.12. The molecule has 2 atom stereocenters. The summed E-state index contributed by atoms with van der Waals surface area (Å²) < 4.78 is 39.3. The third-order valence-corrected chi connectivity index (χ3v) is 3.73. The zero-order valence-electron chi connectivity index (χ0n) is 11.6. The minimum Gasteiger partial charge on any atom is -0.353 e. The van der Waals surface area contributed by atoms with Gasteiger partial charge in [0, 0.05) is 6.61 Å². The van der Waals surface area contributed by atoms with Crippen LogP contribution >= 0.6 is 0 Å². The van der Waals surface area contributed by atoms with Crippen molar-refractivity contribution in [2.24, 2.45) is 0 Å². The van der Waals surface area contributed by atoms with E-state index in [0.29, 0.717) is 6.61 Å². The number of aryl methyl sites for hydroxylation is 1. The zero-order valence-corrected chi connectivity index (χ0v) is 12.4. The summed E-state index contributed by atoms with van der Waals surface area (Å²) in [4.78, 5) is 0.109. The van der Waals surface area contributed by atoms with Gasteiger partial charge in [-0.1, -0.05) is 17.7 Å². The molecular weight excluding hydrogens is 268 g/mol. The molecule has 1 rings (SSSR count). The highest BCUT2D eigenvalue weighted by molar-refractivity contribution is 7.86. The molecule has 0 amide bonds. The molecule has 2 unspecified atom stereocenters. The van der Waals surface area contributed by atoms with Crippen molar-refractivity contribution in [3.05, 3.63) is 29.8 Å². The fourth-order valence-electron chi connectivity index (χ4n) is 1.51. The van der Waals surface area contributed by atoms with E-state index in [2.05, 4.69) is 0 Å². The maximum atomic E-state index is 12.0. The van der Waals surface area contributed by atoms with Crippen molar-refractivity contribution < 1.29 is 22.1 Å². The average molecular weight is 288 g/mol. The first-order valence-corrected chi connectivity index (χ1v) is 7.53. The van der Waals surface area contributed by atoms with Crippen LogP contribution in [0.4, 0.5) is 0 Å². The van der Waals surface area contributed by atoms with Crippen LogP contribution in [0.2, 0.25) is 0 Å². The Bertz CT molecular complexity index is 480. The first-order chi connectivity index (χ1) is 8.85. The fraction of sp³-hybridized carbons (Fsp3) is 0.538. The van der Waals surface area contributed by atoms with E-state index in [4.69, 9.17) is 13.7 Å². The smallest absolute Gasteiger partial charge is 0.299 e. The van der Waals surface area contributed by atoms with Crippen LogP contribution in [0.25, 0.3) is 0 Å². The molecule has 1 aromatic carbocycles. The second-order valence-corrected chi connectivity index (χ2v) is 5.66. The van der Waals surface area contributed by atoms with E-state index in [1.807, 2.05) is 13.8 Å². The Labute approximate surface area is 114 Å². The Hall–Kier alpha value is -0.950. The lowest BCUT2D eigenvalue weighted by Gasteiger charge is -2.18. The number of hydrogen-bond donors (Lipinski definition) is 0. The molecule has 19 heavy (non-hydrogen) atoms. The number of rotatable bonds is 7. The Morgan fingerprint density at radius 2 is 1.68 bits per heavy atom. The second-order valence-electron chi connectivity index (χ2n) is 4.09. The lowest BCUT2D eigenvalue weighted by molar-refractivity contribution is -0.200. The van der Waals surface area contributed by atoms with E-state index >= 15 is 0 Å². The minimum atomic E-state index is -3.82. The van der Waals surface area contributed by atoms with E-state index in [0.717, 1.165) is 5.56 Å². The van der Waals surface area contributed by atoms with Crippen molar-refractivity contribution in [3.8, 4) is 0 Å². The third kappa shape index (κ3) is 5.28. The number of hydrogen-bond acceptors (Lipinski definition) is 5. The van der Waals surface area contributed by atoms with Gasteiger partial charge in [-0.05, 0) is 39.8 Å². The fourth-order valence-corrected chi connectivity index (χ4v) is 2.49. The zero-order chi connectivity index (χ0) is 14.5. The summed E-state index contributed by atoms with van der Waals surface area (Å²) >= 11 is 0. The summed E-state index contributed by atoms with van der Waals surface area (Å²) in [6.07, 6.45) is -1.43. The third-order valence-electron chi connectivity index (χ3n) is 2.36. The molecule has 0 aliphatic carbocycles. The second kappa shape index (κ2) is 7.00. The topological polar surface area (TPSA) is 61.8 Å². The molecule has 0 heterocycles. The van der Waals surface area contributed by atoms with E-state index in [9.17, 15) is 8.42 Å². The van der Waals surface area contributed by atoms with E-state index in [-0.39, 0.29) is 4.90 Å². The van der Waals surface area contributed by atoms with Crippen LogP contribution < -0.4 is 0 Å². The Morgan fingerprint density at radius 3 is 2.21 bits per heavy atom. The van der Waals surface area contributed by atoms with Crippen molar-refractivity contribution in [1.29, 1.82) is 0 Å². The van der Waals surface area contributed by atoms with Crippen LogP contribution in [0.3, 0.4) is 0 Å². The standard InChI is InChI=1S/C13H20O5S/c1-5-16-11(3)17-12(4)18-19(14,15)13-8-6-10(2)7-9-13/h6-9,11-12H,5H2,1-4H3. The molecule has 0 aliphatic rings. The normalized spacial score (nSPS) is 15.2. The maximum absolute atomic E-state index is 12.0. The Kier molecular flexibility index (Phi) is 5.93. The van der Waals surface area contributed by atoms with Crippen molar-refractivity contribution in [3.63, 3.8) is 0 Å². The first kappa shape index (κ1) is 16.1. The molecule has 0 radical (unpaired) electrons. The molecule has 0 aliphatic heterocycles. The molecule has 0 spiro atoms. The van der Waals surface area contributed by atoms with Gasteiger partial charge in [0.15, 0.2) is 12.6 Å². The van der Waals surface area contributed by atoms with Crippen molar-refractivity contribution in [2.45, 2.75) is 45.2 Å². The molecule has 0 N–H and O–H groups in total. The summed E-state index contributed by atoms with van der Waals surface area (Å²) in [6.45, 7) is 7.39. The van der Waals surface area contributed by atoms with Crippen LogP contribution in [-0.2, 0) is 23.8 Å². The van der Waals surface area contributed by atoms with Gasteiger partial charge in [0.05, 0.1) is 4.90 Å². The predicted octanol–water partition coefficient (Wildman–Crippen LogP) is 2.45. The van der Waals surface area contributed by atoms with Gasteiger partial charge in [-0.25, -0.2) is 4.18 Å². The van der Waals surface area contributed by atoms with Gasteiger partial charge in [-0.2, -0.15) is 8.42 Å². The average Bonchev–Trinajstić information content (AvgIpc) is 2.28. The Morgan fingerprint density at radius 1 is 1.11 bits per heavy atom. The van der Waals surface area contributed by atoms with E-state index in [1.165, 1.54) is 19.1 Å². The van der Waals surface area contributed by atoms with Crippen molar-refractivity contribution >= 4 is 10.1 Å². The molecule has 0 fully saturated rings. The number of benzene rings is 1. The Balaban J connectivity index is 2.66. The molecule has 1 aromatic rings. The van der Waals surface area contributed by atoms with Crippen LogP contribution in [0, 0.1) is 6.92 Å². The van der Waals surface area contributed by atoms with Gasteiger partial charge < -0.3 is 9.47 Å². The predicted molar refractivity (Wildman–Crippen MR) is 71.1 cm³/mol. The summed E-state index contributed by atoms with van der Waals surface area (Å²) in [5.41, 5.74) is 0.980. The van der Waals surface area contributed by atoms with Crippen molar-refractivity contribution in [1.82, 2.24) is 0 Å². The minimum absolute atomic E-state index is 0.109. The highest BCUT2D eigenvalue weighted by atomic mass is 32.2. The van der Waals surface area contributed by atoms with Gasteiger partial charge in [0.1, 0.15) is 0 Å². The molecule has 108 valence electrons. The lowest BCUT2D eigenvalue weighted by Crippen LogP contribution is -2.24. The summed E-state index contributed by atoms with van der Waals surface area (Å²) in [5.74, 6) is 0. The maximum Gasteiger partial charge on any atom is 0.299 e. The van der Waals surface area contributed by atoms with E-state index in [1.54, 1.807) is 19.1 Å². The van der Waals surface area contributed by atoms with E-state index < -0.39 is 22.7 Å². The summed E-state index contributed by atoms with van der Waals surface area (Å²) in [7, 11) is -3.82.